The van der Waals surface area contributed by atoms with Gasteiger partial charge in [0, 0.05) is 6.42 Å². The summed E-state index contributed by atoms with van der Waals surface area (Å²) in [6.07, 6.45) is 13.2. The molecule has 2 spiro atoms. The molecule has 5 nitrogen and oxygen atoms in total. The molecular formula is C37H52O5. The second-order valence-corrected chi connectivity index (χ2v) is 17.9. The average molecular weight is 577 g/mol. The summed E-state index contributed by atoms with van der Waals surface area (Å²) in [7, 11) is 0. The van der Waals surface area contributed by atoms with Crippen LogP contribution in [0.25, 0.3) is 0 Å². The third-order valence-corrected chi connectivity index (χ3v) is 13.5. The Labute approximate surface area is 252 Å². The minimum atomic E-state index is -0.458. The summed E-state index contributed by atoms with van der Waals surface area (Å²) < 4.78 is 0. The fraction of sp³-hybridized carbons (Fsp3) is 0.784. The van der Waals surface area contributed by atoms with Gasteiger partial charge in [0.05, 0.1) is 19.3 Å². The van der Waals surface area contributed by atoms with E-state index in [0.717, 1.165) is 57.8 Å². The Kier molecular flexibility index (Phi) is 6.01. The summed E-state index contributed by atoms with van der Waals surface area (Å²) in [4.78, 5) is 23.9. The molecule has 0 amide bonds. The Morgan fingerprint density at radius 1 is 0.857 bits per heavy atom. The van der Waals surface area contributed by atoms with Gasteiger partial charge in [-0.2, -0.15) is 0 Å². The van der Waals surface area contributed by atoms with Crippen LogP contribution >= 0.6 is 0 Å². The van der Waals surface area contributed by atoms with Gasteiger partial charge in [-0.05, 0) is 127 Å². The molecule has 2 saturated heterocycles. The number of hydrogen-bond acceptors (Lipinski definition) is 5. The van der Waals surface area contributed by atoms with Crippen molar-refractivity contribution in [1.82, 2.24) is 0 Å². The molecule has 2 aliphatic heterocycles. The van der Waals surface area contributed by atoms with E-state index in [1.54, 1.807) is 5.57 Å². The van der Waals surface area contributed by atoms with E-state index in [0.29, 0.717) is 36.9 Å². The fourth-order valence-corrected chi connectivity index (χ4v) is 12.0. The third-order valence-electron chi connectivity index (χ3n) is 13.5. The first kappa shape index (κ1) is 28.2. The Morgan fingerprint density at radius 2 is 1.62 bits per heavy atom. The zero-order chi connectivity index (χ0) is 29.3. The van der Waals surface area contributed by atoms with Crippen LogP contribution in [-0.4, -0.2) is 30.0 Å². The number of benzene rings is 1. The van der Waals surface area contributed by atoms with E-state index in [9.17, 15) is 5.11 Å². The van der Waals surface area contributed by atoms with Gasteiger partial charge in [0.1, 0.15) is 11.2 Å². The van der Waals surface area contributed by atoms with Crippen LogP contribution in [0.2, 0.25) is 0 Å². The summed E-state index contributed by atoms with van der Waals surface area (Å²) in [5, 5.41) is 11.4. The van der Waals surface area contributed by atoms with Crippen LogP contribution in [0.4, 0.5) is 0 Å². The van der Waals surface area contributed by atoms with Gasteiger partial charge in [-0.1, -0.05) is 64.5 Å². The van der Waals surface area contributed by atoms with Gasteiger partial charge in [-0.3, -0.25) is 0 Å². The van der Waals surface area contributed by atoms with Crippen molar-refractivity contribution in [2.75, 3.05) is 13.2 Å². The molecule has 230 valence electrons. The van der Waals surface area contributed by atoms with Crippen molar-refractivity contribution in [3.8, 4) is 0 Å². The van der Waals surface area contributed by atoms with Gasteiger partial charge in [0.2, 0.25) is 0 Å². The summed E-state index contributed by atoms with van der Waals surface area (Å²) in [5.41, 5.74) is 5.62. The highest BCUT2D eigenvalue weighted by Crippen LogP contribution is 2.72. The lowest BCUT2D eigenvalue weighted by atomic mass is 9.40. The summed E-state index contributed by atoms with van der Waals surface area (Å²) >= 11 is 0. The number of hydrogen-bond donors (Lipinski definition) is 1. The topological polar surface area (TPSA) is 57.2 Å². The Morgan fingerprint density at radius 3 is 2.38 bits per heavy atom. The van der Waals surface area contributed by atoms with Crippen LogP contribution in [0.1, 0.15) is 122 Å². The van der Waals surface area contributed by atoms with Crippen molar-refractivity contribution in [2.45, 2.75) is 129 Å². The lowest BCUT2D eigenvalue weighted by molar-refractivity contribution is -0.409. The molecule has 7 aliphatic rings. The molecule has 5 fully saturated rings. The van der Waals surface area contributed by atoms with Crippen LogP contribution in [0, 0.1) is 39.4 Å². The Bertz CT molecular complexity index is 1310. The molecule has 1 N–H and O–H groups in total. The number of aliphatic hydroxyl groups is 1. The Hall–Kier alpha value is -1.24. The predicted octanol–water partition coefficient (Wildman–Crippen LogP) is 7.95. The molecule has 8 rings (SSSR count). The molecule has 5 aliphatic carbocycles. The highest BCUT2D eigenvalue weighted by molar-refractivity contribution is 5.46. The first-order valence-electron chi connectivity index (χ1n) is 16.9. The average Bonchev–Trinajstić information content (AvgIpc) is 3.21. The molecule has 3 saturated carbocycles. The van der Waals surface area contributed by atoms with Crippen LogP contribution in [0.15, 0.2) is 29.8 Å². The van der Waals surface area contributed by atoms with E-state index in [-0.39, 0.29) is 33.4 Å². The first-order chi connectivity index (χ1) is 19.8. The van der Waals surface area contributed by atoms with Gasteiger partial charge in [-0.15, -0.1) is 0 Å². The molecule has 0 bridgehead atoms. The minimum Gasteiger partial charge on any atom is -0.393 e. The van der Waals surface area contributed by atoms with E-state index in [2.05, 4.69) is 65.8 Å². The highest BCUT2D eigenvalue weighted by atomic mass is 17.2. The summed E-state index contributed by atoms with van der Waals surface area (Å²) in [5.74, 6) is 2.37. The molecule has 0 aromatic heterocycles. The fourth-order valence-electron chi connectivity index (χ4n) is 12.0. The number of fused-ring (bicyclic) bond motifs is 4. The molecule has 5 heteroatoms. The summed E-state index contributed by atoms with van der Waals surface area (Å²) in [6.45, 7) is 15.1. The van der Waals surface area contributed by atoms with E-state index in [4.69, 9.17) is 19.6 Å². The van der Waals surface area contributed by atoms with Crippen LogP contribution in [0.3, 0.4) is 0 Å². The van der Waals surface area contributed by atoms with Gasteiger partial charge in [0.15, 0.2) is 0 Å². The normalized spacial score (nSPS) is 48.5. The van der Waals surface area contributed by atoms with Crippen LogP contribution in [0.5, 0.6) is 0 Å². The molecular weight excluding hydrogens is 524 g/mol. The molecule has 2 unspecified atom stereocenters. The minimum absolute atomic E-state index is 0.00219. The predicted molar refractivity (Wildman–Crippen MR) is 161 cm³/mol. The standard InChI is InChI=1S/C37H52O5/c1-32(2)19-35(6,41-39-21-32)24-7-9-26-23(15-24)16-37-14-13-36(20-33(3,4)22-40-42-36)17-25(37)8-10-27-29-11-12-30(38)34(29,5)18-28(26)31(27)37/h7-9,15,27-31,38H,10-14,16-22H2,1-6H3/t27-,28+,29-,30-,31+,34-,35?,36?,37+/m0/s1. The zero-order valence-corrected chi connectivity index (χ0v) is 26.8. The van der Waals surface area contributed by atoms with Crippen molar-refractivity contribution in [1.29, 1.82) is 0 Å². The summed E-state index contributed by atoms with van der Waals surface area (Å²) in [6, 6.07) is 7.27. The lowest BCUT2D eigenvalue weighted by Gasteiger charge is -2.65. The number of allylic oxidation sites excluding steroid dienone is 1. The second kappa shape index (κ2) is 8.94. The van der Waals surface area contributed by atoms with Crippen molar-refractivity contribution in [3.05, 3.63) is 46.5 Å². The largest absolute Gasteiger partial charge is 0.393 e. The molecule has 42 heavy (non-hydrogen) atoms. The monoisotopic (exact) mass is 576 g/mol. The smallest absolute Gasteiger partial charge is 0.126 e. The molecule has 9 atom stereocenters. The maximum Gasteiger partial charge on any atom is 0.126 e. The third kappa shape index (κ3) is 3.99. The van der Waals surface area contributed by atoms with Gasteiger partial charge in [0.25, 0.3) is 0 Å². The van der Waals surface area contributed by atoms with E-state index in [1.165, 1.54) is 23.1 Å². The van der Waals surface area contributed by atoms with E-state index >= 15 is 0 Å². The number of rotatable bonds is 1. The maximum atomic E-state index is 11.4. The van der Waals surface area contributed by atoms with E-state index in [1.807, 2.05) is 0 Å². The van der Waals surface area contributed by atoms with Gasteiger partial charge >= 0.3 is 0 Å². The molecule has 0 radical (unpaired) electrons. The quantitative estimate of drug-likeness (QED) is 0.272. The van der Waals surface area contributed by atoms with Gasteiger partial charge < -0.3 is 5.11 Å². The lowest BCUT2D eigenvalue weighted by Crippen LogP contribution is -2.59. The first-order valence-corrected chi connectivity index (χ1v) is 16.9. The SMILES string of the molecule is CC1(C)COOC2(CC[C@@]34Cc5cc(C6(C)CC(C)(C)COO6)ccc5[C@H]5C[C@]6(C)[C@@H](O)CC[C@H]6[C@H](CC=C3C2)[C@H]54)C1. The van der Waals surface area contributed by atoms with Crippen molar-refractivity contribution in [2.24, 2.45) is 39.4 Å². The van der Waals surface area contributed by atoms with Crippen molar-refractivity contribution < 1.29 is 24.7 Å². The van der Waals surface area contributed by atoms with Crippen LogP contribution in [-0.2, 0) is 31.6 Å². The molecule has 1 aromatic rings. The highest BCUT2D eigenvalue weighted by Gasteiger charge is 2.66. The Balaban J connectivity index is 1.23. The molecule has 1 aromatic carbocycles. The number of aliphatic hydroxyl groups excluding tert-OH is 1. The van der Waals surface area contributed by atoms with Crippen molar-refractivity contribution >= 4 is 0 Å². The zero-order valence-electron chi connectivity index (χ0n) is 26.8. The molecule has 2 heterocycles. The van der Waals surface area contributed by atoms with Gasteiger partial charge in [-0.25, -0.2) is 19.6 Å². The van der Waals surface area contributed by atoms with E-state index < -0.39 is 5.60 Å². The van der Waals surface area contributed by atoms with Crippen molar-refractivity contribution in [3.63, 3.8) is 0 Å². The van der Waals surface area contributed by atoms with Crippen LogP contribution < -0.4 is 0 Å². The second-order valence-electron chi connectivity index (χ2n) is 17.9. The maximum absolute atomic E-state index is 11.4.